The first-order valence-corrected chi connectivity index (χ1v) is 7.79. The van der Waals surface area contributed by atoms with Crippen LogP contribution in [0.4, 0.5) is 0 Å². The second-order valence-corrected chi connectivity index (χ2v) is 5.74. The van der Waals surface area contributed by atoms with Crippen LogP contribution in [0.2, 0.25) is 0 Å². The van der Waals surface area contributed by atoms with Gasteiger partial charge in [-0.25, -0.2) is 0 Å². The third-order valence-corrected chi connectivity index (χ3v) is 3.97. The molecule has 2 aromatic carbocycles. The number of aldehydes is 1. The van der Waals surface area contributed by atoms with E-state index in [0.717, 1.165) is 24.7 Å². The Labute approximate surface area is 135 Å². The van der Waals surface area contributed by atoms with E-state index in [-0.39, 0.29) is 18.6 Å². The van der Waals surface area contributed by atoms with Gasteiger partial charge in [0, 0.05) is 0 Å². The van der Waals surface area contributed by atoms with Gasteiger partial charge in [0.15, 0.2) is 12.9 Å². The van der Waals surface area contributed by atoms with E-state index in [1.807, 2.05) is 30.3 Å². The number of ether oxygens (including phenoxy) is 1. The molecular weight excluding hydrogens is 290 g/mol. The molecule has 1 saturated carbocycles. The highest BCUT2D eigenvalue weighted by Gasteiger charge is 2.33. The van der Waals surface area contributed by atoms with E-state index in [0.29, 0.717) is 17.2 Å². The number of rotatable bonds is 7. The van der Waals surface area contributed by atoms with Crippen LogP contribution in [0.25, 0.3) is 0 Å². The monoisotopic (exact) mass is 309 g/mol. The number of carbonyl (C=O) groups excluding carboxylic acids is 2. The largest absolute Gasteiger partial charge is 0.483 e. The normalized spacial score (nSPS) is 14.8. The summed E-state index contributed by atoms with van der Waals surface area (Å²) in [6, 6.07) is 16.9. The minimum absolute atomic E-state index is 0.0358. The maximum atomic E-state index is 12.2. The lowest BCUT2D eigenvalue weighted by Crippen LogP contribution is -2.33. The van der Waals surface area contributed by atoms with Crippen LogP contribution in [0.5, 0.6) is 5.75 Å². The van der Waals surface area contributed by atoms with Gasteiger partial charge in [0.25, 0.3) is 5.91 Å². The van der Waals surface area contributed by atoms with E-state index in [2.05, 4.69) is 5.32 Å². The smallest absolute Gasteiger partial charge is 0.258 e. The Hall–Kier alpha value is -2.62. The highest BCUT2D eigenvalue weighted by molar-refractivity contribution is 5.81. The topological polar surface area (TPSA) is 55.4 Å². The van der Waals surface area contributed by atoms with Crippen LogP contribution in [-0.2, 0) is 4.79 Å². The average Bonchev–Trinajstić information content (AvgIpc) is 3.44. The fourth-order valence-electron chi connectivity index (χ4n) is 2.63. The first-order valence-electron chi connectivity index (χ1n) is 7.79. The third-order valence-electron chi connectivity index (χ3n) is 3.97. The van der Waals surface area contributed by atoms with Crippen molar-refractivity contribution in [1.29, 1.82) is 0 Å². The second kappa shape index (κ2) is 7.09. The fraction of sp³-hybridized carbons (Fsp3) is 0.263. The molecule has 0 bridgehead atoms. The van der Waals surface area contributed by atoms with Gasteiger partial charge in [0.1, 0.15) is 5.75 Å². The summed E-state index contributed by atoms with van der Waals surface area (Å²) in [5.41, 5.74) is 1.57. The second-order valence-electron chi connectivity index (χ2n) is 5.74. The lowest BCUT2D eigenvalue weighted by Gasteiger charge is -2.19. The van der Waals surface area contributed by atoms with Gasteiger partial charge in [0.2, 0.25) is 0 Å². The van der Waals surface area contributed by atoms with Crippen LogP contribution in [-0.4, -0.2) is 18.8 Å². The molecule has 0 heterocycles. The zero-order valence-corrected chi connectivity index (χ0v) is 12.8. The predicted octanol–water partition coefficient (Wildman–Crippen LogP) is 3.15. The Morgan fingerprint density at radius 2 is 1.83 bits per heavy atom. The first-order chi connectivity index (χ1) is 11.3. The maximum Gasteiger partial charge on any atom is 0.258 e. The minimum atomic E-state index is -0.175. The van der Waals surface area contributed by atoms with Crippen molar-refractivity contribution in [2.24, 2.45) is 5.92 Å². The van der Waals surface area contributed by atoms with Crippen LogP contribution in [0.1, 0.15) is 34.8 Å². The molecule has 0 spiro atoms. The zero-order chi connectivity index (χ0) is 16.1. The molecule has 1 atom stereocenters. The van der Waals surface area contributed by atoms with E-state index < -0.39 is 0 Å². The molecule has 2 aromatic rings. The molecule has 1 aliphatic rings. The summed E-state index contributed by atoms with van der Waals surface area (Å²) in [6.45, 7) is -0.0963. The number of hydrogen-bond acceptors (Lipinski definition) is 3. The van der Waals surface area contributed by atoms with Crippen molar-refractivity contribution in [3.63, 3.8) is 0 Å². The van der Waals surface area contributed by atoms with E-state index >= 15 is 0 Å². The predicted molar refractivity (Wildman–Crippen MR) is 87.4 cm³/mol. The quantitative estimate of drug-likeness (QED) is 0.799. The van der Waals surface area contributed by atoms with E-state index in [1.165, 1.54) is 0 Å². The Morgan fingerprint density at radius 1 is 1.13 bits per heavy atom. The molecule has 4 nitrogen and oxygen atoms in total. The summed E-state index contributed by atoms with van der Waals surface area (Å²) in [4.78, 5) is 23.2. The summed E-state index contributed by atoms with van der Waals surface area (Å²) >= 11 is 0. The highest BCUT2D eigenvalue weighted by atomic mass is 16.5. The molecule has 0 radical (unpaired) electrons. The molecule has 1 unspecified atom stereocenters. The van der Waals surface area contributed by atoms with Crippen molar-refractivity contribution >= 4 is 12.2 Å². The van der Waals surface area contributed by atoms with Crippen molar-refractivity contribution in [1.82, 2.24) is 5.32 Å². The molecule has 1 aliphatic carbocycles. The van der Waals surface area contributed by atoms with Gasteiger partial charge in [-0.1, -0.05) is 42.5 Å². The summed E-state index contributed by atoms with van der Waals surface area (Å²) < 4.78 is 5.48. The Kier molecular flexibility index (Phi) is 4.71. The van der Waals surface area contributed by atoms with Crippen molar-refractivity contribution in [3.8, 4) is 5.75 Å². The lowest BCUT2D eigenvalue weighted by atomic mass is 10.0. The van der Waals surface area contributed by atoms with Crippen LogP contribution in [0, 0.1) is 5.92 Å². The molecule has 23 heavy (non-hydrogen) atoms. The number of benzene rings is 2. The van der Waals surface area contributed by atoms with E-state index in [1.54, 1.807) is 24.3 Å². The molecule has 3 rings (SSSR count). The Bertz CT molecular complexity index is 680. The molecule has 0 aromatic heterocycles. The third kappa shape index (κ3) is 3.97. The summed E-state index contributed by atoms with van der Waals surface area (Å²) in [7, 11) is 0. The molecule has 0 saturated heterocycles. The molecule has 118 valence electrons. The van der Waals surface area contributed by atoms with Gasteiger partial charge in [-0.2, -0.15) is 0 Å². The van der Waals surface area contributed by atoms with Crippen molar-refractivity contribution in [3.05, 3.63) is 65.7 Å². The van der Waals surface area contributed by atoms with Crippen molar-refractivity contribution < 1.29 is 14.3 Å². The molecule has 4 heteroatoms. The average molecular weight is 309 g/mol. The van der Waals surface area contributed by atoms with Crippen LogP contribution in [0.15, 0.2) is 54.6 Å². The van der Waals surface area contributed by atoms with Gasteiger partial charge >= 0.3 is 0 Å². The highest BCUT2D eigenvalue weighted by Crippen LogP contribution is 2.40. The number of carbonyl (C=O) groups is 2. The van der Waals surface area contributed by atoms with Crippen LogP contribution in [0.3, 0.4) is 0 Å². The van der Waals surface area contributed by atoms with Gasteiger partial charge in [-0.3, -0.25) is 9.59 Å². The maximum absolute atomic E-state index is 12.2. The zero-order valence-electron chi connectivity index (χ0n) is 12.8. The number of para-hydroxylation sites is 1. The van der Waals surface area contributed by atoms with Gasteiger partial charge in [-0.15, -0.1) is 0 Å². The van der Waals surface area contributed by atoms with Crippen LogP contribution < -0.4 is 10.1 Å². The van der Waals surface area contributed by atoms with E-state index in [9.17, 15) is 9.59 Å². The van der Waals surface area contributed by atoms with E-state index in [4.69, 9.17) is 4.74 Å². The molecule has 1 fully saturated rings. The van der Waals surface area contributed by atoms with Gasteiger partial charge < -0.3 is 10.1 Å². The minimum Gasteiger partial charge on any atom is -0.483 e. The lowest BCUT2D eigenvalue weighted by molar-refractivity contribution is -0.124. The first kappa shape index (κ1) is 15.3. The molecule has 1 amide bonds. The van der Waals surface area contributed by atoms with Gasteiger partial charge in [-0.05, 0) is 36.5 Å². The molecular formula is C19H19NO3. The number of nitrogens with one attached hydrogen (secondary N) is 1. The molecule has 0 aliphatic heterocycles. The number of amides is 1. The summed E-state index contributed by atoms with van der Waals surface area (Å²) in [6.07, 6.45) is 2.99. The summed E-state index contributed by atoms with van der Waals surface area (Å²) in [5.74, 6) is 0.760. The SMILES string of the molecule is O=Cc1ccccc1OCC(=O)NC(c1ccccc1)C1CC1. The fourth-order valence-corrected chi connectivity index (χ4v) is 2.63. The standard InChI is InChI=1S/C19H19NO3/c21-12-16-8-4-5-9-17(16)23-13-18(22)20-19(15-10-11-15)14-6-2-1-3-7-14/h1-9,12,15,19H,10-11,13H2,(H,20,22). The number of hydrogen-bond donors (Lipinski definition) is 1. The van der Waals surface area contributed by atoms with Crippen molar-refractivity contribution in [2.45, 2.75) is 18.9 Å². The van der Waals surface area contributed by atoms with Crippen LogP contribution >= 0.6 is 0 Å². The molecule has 1 N–H and O–H groups in total. The Balaban J connectivity index is 1.61. The summed E-state index contributed by atoms with van der Waals surface area (Å²) in [5, 5.41) is 3.05. The van der Waals surface area contributed by atoms with Gasteiger partial charge in [0.05, 0.1) is 11.6 Å². The Morgan fingerprint density at radius 3 is 2.52 bits per heavy atom. The van der Waals surface area contributed by atoms with Crippen molar-refractivity contribution in [2.75, 3.05) is 6.61 Å².